The van der Waals surface area contributed by atoms with Gasteiger partial charge < -0.3 is 14.6 Å². The van der Waals surface area contributed by atoms with Gasteiger partial charge in [0.2, 0.25) is 0 Å². The molecule has 0 spiro atoms. The predicted molar refractivity (Wildman–Crippen MR) is 101 cm³/mol. The molecule has 8 heteroatoms. The fraction of sp³-hybridized carbons (Fsp3) is 0.238. The van der Waals surface area contributed by atoms with Crippen LogP contribution in [0.3, 0.4) is 0 Å². The molecule has 1 heterocycles. The van der Waals surface area contributed by atoms with E-state index in [1.54, 1.807) is 19.9 Å². The van der Waals surface area contributed by atoms with E-state index in [4.69, 9.17) is 4.74 Å². The number of nitrogens with zero attached hydrogens (tertiary/aromatic N) is 1. The van der Waals surface area contributed by atoms with Gasteiger partial charge in [-0.3, -0.25) is 14.2 Å². The molecule has 0 radical (unpaired) electrons. The third kappa shape index (κ3) is 4.21. The van der Waals surface area contributed by atoms with E-state index in [9.17, 15) is 23.5 Å². The average Bonchev–Trinajstić information content (AvgIpc) is 2.93. The van der Waals surface area contributed by atoms with Crippen molar-refractivity contribution in [1.29, 1.82) is 0 Å². The number of halogens is 2. The van der Waals surface area contributed by atoms with Crippen LogP contribution in [0.2, 0.25) is 0 Å². The van der Waals surface area contributed by atoms with Gasteiger partial charge in [0.15, 0.2) is 0 Å². The molecule has 2 aromatic carbocycles. The number of aromatic hydroxyl groups is 1. The van der Waals surface area contributed by atoms with Gasteiger partial charge in [-0.05, 0) is 61.9 Å². The van der Waals surface area contributed by atoms with Gasteiger partial charge in [0.1, 0.15) is 11.5 Å². The number of benzene rings is 2. The van der Waals surface area contributed by atoms with Gasteiger partial charge in [-0.1, -0.05) is 0 Å². The zero-order valence-electron chi connectivity index (χ0n) is 15.8. The molecule has 0 saturated carbocycles. The second-order valence-electron chi connectivity index (χ2n) is 6.29. The van der Waals surface area contributed by atoms with Crippen LogP contribution in [0.25, 0.3) is 10.9 Å². The van der Waals surface area contributed by atoms with E-state index in [0.29, 0.717) is 22.2 Å². The van der Waals surface area contributed by atoms with Crippen LogP contribution in [0.4, 0.5) is 8.78 Å². The van der Waals surface area contributed by atoms with Gasteiger partial charge in [0, 0.05) is 16.6 Å². The van der Waals surface area contributed by atoms with Gasteiger partial charge in [0.05, 0.1) is 18.5 Å². The number of alkyl halides is 2. The Morgan fingerprint density at radius 1 is 1.14 bits per heavy atom. The maximum absolute atomic E-state index is 13.1. The summed E-state index contributed by atoms with van der Waals surface area (Å²) >= 11 is 0. The summed E-state index contributed by atoms with van der Waals surface area (Å²) in [6.07, 6.45) is -0.0545. The number of esters is 1. The zero-order chi connectivity index (χ0) is 21.1. The van der Waals surface area contributed by atoms with Crippen LogP contribution in [0, 0.1) is 6.92 Å². The number of carbonyl (C=O) groups is 2. The second-order valence-corrected chi connectivity index (χ2v) is 6.29. The smallest absolute Gasteiger partial charge is 0.387 e. The van der Waals surface area contributed by atoms with Crippen molar-refractivity contribution in [2.45, 2.75) is 26.9 Å². The van der Waals surface area contributed by atoms with Crippen molar-refractivity contribution >= 4 is 22.8 Å². The molecule has 0 aliphatic heterocycles. The molecule has 6 nitrogen and oxygen atoms in total. The Bertz CT molecular complexity index is 1060. The molecule has 1 N–H and O–H groups in total. The molecule has 0 bridgehead atoms. The number of carbonyl (C=O) groups excluding carboxylic acids is 2. The summed E-state index contributed by atoms with van der Waals surface area (Å²) in [5.74, 6) is -0.907. The summed E-state index contributed by atoms with van der Waals surface area (Å²) in [6.45, 7) is 0.668. The van der Waals surface area contributed by atoms with E-state index in [1.165, 1.54) is 41.0 Å². The van der Waals surface area contributed by atoms with Gasteiger partial charge in [-0.2, -0.15) is 8.78 Å². The predicted octanol–water partition coefficient (Wildman–Crippen LogP) is 4.05. The van der Waals surface area contributed by atoms with Crippen LogP contribution in [0.15, 0.2) is 42.5 Å². The Labute approximate surface area is 165 Å². The lowest BCUT2D eigenvalue weighted by Crippen LogP contribution is -2.14. The number of rotatable bonds is 6. The second kappa shape index (κ2) is 8.30. The highest BCUT2D eigenvalue weighted by Crippen LogP contribution is 2.30. The van der Waals surface area contributed by atoms with Crippen molar-refractivity contribution < 1.29 is 33.0 Å². The number of fused-ring (bicyclic) bond motifs is 1. The van der Waals surface area contributed by atoms with Crippen LogP contribution in [-0.2, 0) is 16.0 Å². The summed E-state index contributed by atoms with van der Waals surface area (Å²) in [7, 11) is 0. The van der Waals surface area contributed by atoms with Crippen molar-refractivity contribution in [2.24, 2.45) is 0 Å². The van der Waals surface area contributed by atoms with Crippen molar-refractivity contribution in [2.75, 3.05) is 6.61 Å². The molecule has 0 aliphatic rings. The maximum Gasteiger partial charge on any atom is 0.387 e. The topological polar surface area (TPSA) is 77.8 Å². The molecule has 1 aromatic heterocycles. The summed E-state index contributed by atoms with van der Waals surface area (Å²) in [6, 6.07) is 9.85. The number of aromatic nitrogens is 1. The van der Waals surface area contributed by atoms with Gasteiger partial charge in [-0.25, -0.2) is 0 Å². The Balaban J connectivity index is 2.05. The van der Waals surface area contributed by atoms with Crippen LogP contribution in [-0.4, -0.2) is 34.8 Å². The van der Waals surface area contributed by atoms with Crippen molar-refractivity contribution in [1.82, 2.24) is 4.57 Å². The summed E-state index contributed by atoms with van der Waals surface area (Å²) < 4.78 is 35.4. The molecule has 29 heavy (non-hydrogen) atoms. The zero-order valence-corrected chi connectivity index (χ0v) is 15.8. The first kappa shape index (κ1) is 20.3. The first-order chi connectivity index (χ1) is 13.8. The first-order valence-electron chi connectivity index (χ1n) is 8.90. The minimum absolute atomic E-state index is 0.000656. The van der Waals surface area contributed by atoms with Crippen molar-refractivity contribution in [3.05, 3.63) is 59.3 Å². The molecule has 0 fully saturated rings. The Morgan fingerprint density at radius 3 is 2.45 bits per heavy atom. The highest BCUT2D eigenvalue weighted by molar-refractivity contribution is 6.05. The maximum atomic E-state index is 13.1. The van der Waals surface area contributed by atoms with E-state index >= 15 is 0 Å². The summed E-state index contributed by atoms with van der Waals surface area (Å²) in [5, 5.41) is 10.4. The van der Waals surface area contributed by atoms with E-state index in [2.05, 4.69) is 4.74 Å². The van der Waals surface area contributed by atoms with Gasteiger partial charge in [0.25, 0.3) is 5.91 Å². The number of ether oxygens (including phenoxy) is 2. The minimum Gasteiger partial charge on any atom is -0.508 e. The van der Waals surface area contributed by atoms with Crippen LogP contribution < -0.4 is 4.74 Å². The van der Waals surface area contributed by atoms with Crippen molar-refractivity contribution in [3.8, 4) is 11.5 Å². The SMILES string of the molecule is CCOC(=O)Cc1c(C)n(C(=O)c2ccc(OC(F)F)cc2)c2ccc(O)cc12. The molecule has 152 valence electrons. The first-order valence-corrected chi connectivity index (χ1v) is 8.90. The standard InChI is InChI=1S/C21H19F2NO5/c1-3-28-19(26)11-16-12(2)24(18-9-6-14(25)10-17(16)18)20(27)13-4-7-15(8-5-13)29-21(22)23/h4-10,21,25H,3,11H2,1-2H3. The molecule has 0 atom stereocenters. The van der Waals surface area contributed by atoms with E-state index in [1.807, 2.05) is 0 Å². The van der Waals surface area contributed by atoms with Crippen molar-refractivity contribution in [3.63, 3.8) is 0 Å². The quantitative estimate of drug-likeness (QED) is 0.629. The van der Waals surface area contributed by atoms with E-state index < -0.39 is 18.5 Å². The normalized spacial score (nSPS) is 11.1. The highest BCUT2D eigenvalue weighted by atomic mass is 19.3. The van der Waals surface area contributed by atoms with Gasteiger partial charge >= 0.3 is 12.6 Å². The van der Waals surface area contributed by atoms with E-state index in [-0.39, 0.29) is 30.1 Å². The molecule has 0 saturated heterocycles. The lowest BCUT2D eigenvalue weighted by molar-refractivity contribution is -0.142. The summed E-state index contributed by atoms with van der Waals surface area (Å²) in [4.78, 5) is 25.1. The van der Waals surface area contributed by atoms with Crippen LogP contribution >= 0.6 is 0 Å². The Morgan fingerprint density at radius 2 is 1.83 bits per heavy atom. The summed E-state index contributed by atoms with van der Waals surface area (Å²) in [5.41, 5.74) is 1.86. The fourth-order valence-electron chi connectivity index (χ4n) is 3.22. The molecular formula is C21H19F2NO5. The molecule has 0 aliphatic carbocycles. The number of hydrogen-bond donors (Lipinski definition) is 1. The monoisotopic (exact) mass is 403 g/mol. The van der Waals surface area contributed by atoms with Crippen LogP contribution in [0.1, 0.15) is 28.5 Å². The number of hydrogen-bond acceptors (Lipinski definition) is 5. The number of phenols is 1. The lowest BCUT2D eigenvalue weighted by Gasteiger charge is -2.09. The molecular weight excluding hydrogens is 384 g/mol. The Kier molecular flexibility index (Phi) is 5.81. The molecule has 0 amide bonds. The number of phenolic OH excluding ortho intramolecular Hbond substituents is 1. The third-order valence-electron chi connectivity index (χ3n) is 4.47. The average molecular weight is 403 g/mol. The van der Waals surface area contributed by atoms with Gasteiger partial charge in [-0.15, -0.1) is 0 Å². The van der Waals surface area contributed by atoms with E-state index in [0.717, 1.165) is 0 Å². The third-order valence-corrected chi connectivity index (χ3v) is 4.47. The molecule has 0 unspecified atom stereocenters. The minimum atomic E-state index is -2.95. The molecule has 3 rings (SSSR count). The fourth-order valence-corrected chi connectivity index (χ4v) is 3.22. The largest absolute Gasteiger partial charge is 0.508 e. The molecule has 3 aromatic rings. The Hall–Kier alpha value is -3.42. The lowest BCUT2D eigenvalue weighted by atomic mass is 10.1. The highest BCUT2D eigenvalue weighted by Gasteiger charge is 2.22. The van der Waals surface area contributed by atoms with Crippen LogP contribution in [0.5, 0.6) is 11.5 Å².